The van der Waals surface area contributed by atoms with Crippen LogP contribution < -0.4 is 5.32 Å². The molecule has 0 atom stereocenters. The molecular weight excluding hydrogens is 296 g/mol. The normalized spacial score (nSPS) is 14.4. The van der Waals surface area contributed by atoms with E-state index >= 15 is 0 Å². The molecule has 0 saturated heterocycles. The molecule has 0 fully saturated rings. The Hall–Kier alpha value is -2.65. The first kappa shape index (κ1) is 14.9. The zero-order chi connectivity index (χ0) is 16.5. The maximum absolute atomic E-state index is 12.6. The van der Waals surface area contributed by atoms with Crippen molar-refractivity contribution in [2.45, 2.75) is 13.0 Å². The molecule has 0 aliphatic carbocycles. The lowest BCUT2D eigenvalue weighted by molar-refractivity contribution is 0.102. The highest BCUT2D eigenvalue weighted by Crippen LogP contribution is 2.23. The maximum atomic E-state index is 12.6. The molecule has 1 aliphatic heterocycles. The number of carbonyl (C=O) groups is 1. The number of hydrogen-bond donors (Lipinski definition) is 1. The van der Waals surface area contributed by atoms with Gasteiger partial charge < -0.3 is 10.2 Å². The number of benzene rings is 3. The highest BCUT2D eigenvalue weighted by Gasteiger charge is 2.14. The summed E-state index contributed by atoms with van der Waals surface area (Å²) in [5.41, 5.74) is 4.24. The summed E-state index contributed by atoms with van der Waals surface area (Å²) in [6.07, 6.45) is 1.07. The van der Waals surface area contributed by atoms with Crippen molar-refractivity contribution < 1.29 is 4.79 Å². The minimum absolute atomic E-state index is 0.0649. The van der Waals surface area contributed by atoms with Crippen molar-refractivity contribution in [3.63, 3.8) is 0 Å². The third-order valence-electron chi connectivity index (χ3n) is 4.68. The Labute approximate surface area is 141 Å². The molecule has 3 aromatic rings. The van der Waals surface area contributed by atoms with Crippen molar-refractivity contribution in [2.24, 2.45) is 0 Å². The summed E-state index contributed by atoms with van der Waals surface area (Å²) < 4.78 is 0. The van der Waals surface area contributed by atoms with Gasteiger partial charge in [0.1, 0.15) is 0 Å². The fourth-order valence-corrected chi connectivity index (χ4v) is 3.31. The first-order valence-electron chi connectivity index (χ1n) is 8.29. The van der Waals surface area contributed by atoms with E-state index < -0.39 is 0 Å². The number of likely N-dealkylation sites (N-methyl/N-ethyl adjacent to an activating group) is 1. The van der Waals surface area contributed by atoms with Crippen molar-refractivity contribution in [1.29, 1.82) is 0 Å². The van der Waals surface area contributed by atoms with Crippen LogP contribution in [0.15, 0.2) is 60.7 Å². The van der Waals surface area contributed by atoms with Crippen LogP contribution in [0.25, 0.3) is 10.8 Å². The molecule has 24 heavy (non-hydrogen) atoms. The number of carbonyl (C=O) groups excluding carboxylic acids is 1. The van der Waals surface area contributed by atoms with Crippen LogP contribution in [0, 0.1) is 0 Å². The van der Waals surface area contributed by atoms with Crippen LogP contribution in [0.4, 0.5) is 5.69 Å². The van der Waals surface area contributed by atoms with Gasteiger partial charge in [0.2, 0.25) is 0 Å². The zero-order valence-electron chi connectivity index (χ0n) is 13.8. The summed E-state index contributed by atoms with van der Waals surface area (Å²) in [5, 5.41) is 5.26. The first-order valence-corrected chi connectivity index (χ1v) is 8.29. The average molecular weight is 316 g/mol. The van der Waals surface area contributed by atoms with Gasteiger partial charge in [-0.1, -0.05) is 36.4 Å². The summed E-state index contributed by atoms with van der Waals surface area (Å²) in [6, 6.07) is 20.1. The Bertz CT molecular complexity index is 917. The molecule has 3 nitrogen and oxygen atoms in total. The molecule has 0 spiro atoms. The number of fused-ring (bicyclic) bond motifs is 2. The molecule has 0 radical (unpaired) electrons. The van der Waals surface area contributed by atoms with Crippen LogP contribution in [0.2, 0.25) is 0 Å². The second-order valence-corrected chi connectivity index (χ2v) is 6.49. The second kappa shape index (κ2) is 6.10. The van der Waals surface area contributed by atoms with Gasteiger partial charge in [0.15, 0.2) is 0 Å². The van der Waals surface area contributed by atoms with E-state index in [-0.39, 0.29) is 5.91 Å². The molecule has 120 valence electrons. The van der Waals surface area contributed by atoms with E-state index in [9.17, 15) is 4.79 Å². The summed E-state index contributed by atoms with van der Waals surface area (Å²) in [4.78, 5) is 14.9. The van der Waals surface area contributed by atoms with Gasteiger partial charge in [-0.2, -0.15) is 0 Å². The van der Waals surface area contributed by atoms with Crippen LogP contribution in [0.3, 0.4) is 0 Å². The van der Waals surface area contributed by atoms with Crippen molar-refractivity contribution in [2.75, 3.05) is 18.9 Å². The van der Waals surface area contributed by atoms with E-state index in [1.165, 1.54) is 11.1 Å². The monoisotopic (exact) mass is 316 g/mol. The lowest BCUT2D eigenvalue weighted by atomic mass is 9.99. The lowest BCUT2D eigenvalue weighted by Gasteiger charge is -2.25. The Balaban J connectivity index is 1.58. The number of amides is 1. The van der Waals surface area contributed by atoms with Crippen LogP contribution in [-0.4, -0.2) is 24.4 Å². The molecule has 0 unspecified atom stereocenters. The van der Waals surface area contributed by atoms with Gasteiger partial charge >= 0.3 is 0 Å². The molecule has 1 N–H and O–H groups in total. The first-order chi connectivity index (χ1) is 11.7. The van der Waals surface area contributed by atoms with Gasteiger partial charge in [0.05, 0.1) is 0 Å². The molecule has 0 saturated carbocycles. The van der Waals surface area contributed by atoms with Crippen LogP contribution in [0.1, 0.15) is 21.5 Å². The molecule has 1 aliphatic rings. The van der Waals surface area contributed by atoms with Crippen molar-refractivity contribution in [3.8, 4) is 0 Å². The Kier molecular flexibility index (Phi) is 3.79. The smallest absolute Gasteiger partial charge is 0.255 e. The van der Waals surface area contributed by atoms with Crippen molar-refractivity contribution in [3.05, 3.63) is 77.4 Å². The van der Waals surface area contributed by atoms with Gasteiger partial charge in [0, 0.05) is 24.3 Å². The number of rotatable bonds is 2. The molecule has 0 bridgehead atoms. The van der Waals surface area contributed by atoms with Crippen molar-refractivity contribution >= 4 is 22.4 Å². The van der Waals surface area contributed by atoms with Crippen LogP contribution in [-0.2, 0) is 13.0 Å². The third-order valence-corrected chi connectivity index (χ3v) is 4.68. The van der Waals surface area contributed by atoms with E-state index in [1.807, 2.05) is 42.5 Å². The van der Waals surface area contributed by atoms with Gasteiger partial charge in [-0.15, -0.1) is 0 Å². The Morgan fingerprint density at radius 1 is 0.958 bits per heavy atom. The second-order valence-electron chi connectivity index (χ2n) is 6.49. The molecule has 0 aromatic heterocycles. The topological polar surface area (TPSA) is 32.3 Å². The zero-order valence-corrected chi connectivity index (χ0v) is 13.8. The minimum atomic E-state index is -0.0649. The molecule has 1 heterocycles. The number of hydrogen-bond acceptors (Lipinski definition) is 2. The predicted molar refractivity (Wildman–Crippen MR) is 98.4 cm³/mol. The molecule has 4 rings (SSSR count). The van der Waals surface area contributed by atoms with E-state index in [4.69, 9.17) is 0 Å². The standard InChI is InChI=1S/C21H20N2O/c1-23-11-10-16-8-9-20(13-19(16)14-23)22-21(24)18-7-6-15-4-2-3-5-17(15)12-18/h2-9,12-13H,10-11,14H2,1H3,(H,22,24). The number of nitrogens with zero attached hydrogens (tertiary/aromatic N) is 1. The summed E-state index contributed by atoms with van der Waals surface area (Å²) in [7, 11) is 2.13. The predicted octanol–water partition coefficient (Wildman–Crippen LogP) is 4.08. The largest absolute Gasteiger partial charge is 0.322 e. The van der Waals surface area contributed by atoms with E-state index in [2.05, 4.69) is 35.5 Å². The Morgan fingerprint density at radius 2 is 1.79 bits per heavy atom. The minimum Gasteiger partial charge on any atom is -0.322 e. The highest BCUT2D eigenvalue weighted by atomic mass is 16.1. The molecule has 3 aromatic carbocycles. The number of anilines is 1. The fourth-order valence-electron chi connectivity index (χ4n) is 3.31. The summed E-state index contributed by atoms with van der Waals surface area (Å²) in [5.74, 6) is -0.0649. The summed E-state index contributed by atoms with van der Waals surface area (Å²) >= 11 is 0. The molecule has 1 amide bonds. The van der Waals surface area contributed by atoms with Gasteiger partial charge in [-0.25, -0.2) is 0 Å². The molecule has 3 heteroatoms. The van der Waals surface area contributed by atoms with Crippen LogP contribution >= 0.6 is 0 Å². The fraction of sp³-hybridized carbons (Fsp3) is 0.190. The lowest BCUT2D eigenvalue weighted by Crippen LogP contribution is -2.26. The van der Waals surface area contributed by atoms with Gasteiger partial charge in [-0.05, 0) is 59.6 Å². The Morgan fingerprint density at radius 3 is 2.67 bits per heavy atom. The van der Waals surface area contributed by atoms with Crippen molar-refractivity contribution in [1.82, 2.24) is 4.90 Å². The molecular formula is C21H20N2O. The third kappa shape index (κ3) is 2.91. The van der Waals surface area contributed by atoms with E-state index in [0.717, 1.165) is 36.0 Å². The maximum Gasteiger partial charge on any atom is 0.255 e. The van der Waals surface area contributed by atoms with Crippen LogP contribution in [0.5, 0.6) is 0 Å². The van der Waals surface area contributed by atoms with Gasteiger partial charge in [-0.3, -0.25) is 4.79 Å². The quantitative estimate of drug-likeness (QED) is 0.772. The van der Waals surface area contributed by atoms with E-state index in [0.29, 0.717) is 5.56 Å². The van der Waals surface area contributed by atoms with E-state index in [1.54, 1.807) is 0 Å². The SMILES string of the molecule is CN1CCc2ccc(NC(=O)c3ccc4ccccc4c3)cc2C1. The van der Waals surface area contributed by atoms with Gasteiger partial charge in [0.25, 0.3) is 5.91 Å². The average Bonchev–Trinajstić information content (AvgIpc) is 2.61. The highest BCUT2D eigenvalue weighted by molar-refractivity contribution is 6.06. The number of nitrogens with one attached hydrogen (secondary N) is 1. The summed E-state index contributed by atoms with van der Waals surface area (Å²) in [6.45, 7) is 2.03.